The molecular formula is C17H28N2. The SMILES string of the molecule is CCCNC1CCC(N(C)c2ccccc2C)CC1. The number of nitrogens with zero attached hydrogens (tertiary/aromatic N) is 1. The first-order chi connectivity index (χ1) is 9.22. The van der Waals surface area contributed by atoms with Crippen molar-refractivity contribution in [3.05, 3.63) is 29.8 Å². The van der Waals surface area contributed by atoms with Gasteiger partial charge >= 0.3 is 0 Å². The van der Waals surface area contributed by atoms with Crippen LogP contribution in [0.15, 0.2) is 24.3 Å². The molecule has 0 saturated heterocycles. The summed E-state index contributed by atoms with van der Waals surface area (Å²) in [6.45, 7) is 5.62. The van der Waals surface area contributed by atoms with E-state index >= 15 is 0 Å². The van der Waals surface area contributed by atoms with Crippen LogP contribution in [0.3, 0.4) is 0 Å². The van der Waals surface area contributed by atoms with Gasteiger partial charge in [-0.05, 0) is 57.2 Å². The highest BCUT2D eigenvalue weighted by molar-refractivity contribution is 5.53. The van der Waals surface area contributed by atoms with E-state index in [2.05, 4.69) is 55.4 Å². The van der Waals surface area contributed by atoms with Crippen molar-refractivity contribution in [2.75, 3.05) is 18.5 Å². The Bertz CT molecular complexity index is 381. The Hall–Kier alpha value is -1.02. The summed E-state index contributed by atoms with van der Waals surface area (Å²) < 4.78 is 0. The molecule has 1 saturated carbocycles. The van der Waals surface area contributed by atoms with Crippen LogP contribution >= 0.6 is 0 Å². The van der Waals surface area contributed by atoms with Gasteiger partial charge in [0.1, 0.15) is 0 Å². The average Bonchev–Trinajstić information content (AvgIpc) is 2.45. The maximum atomic E-state index is 3.66. The van der Waals surface area contributed by atoms with Gasteiger partial charge in [0, 0.05) is 24.8 Å². The molecule has 2 nitrogen and oxygen atoms in total. The van der Waals surface area contributed by atoms with Crippen molar-refractivity contribution in [1.82, 2.24) is 5.32 Å². The molecule has 0 atom stereocenters. The summed E-state index contributed by atoms with van der Waals surface area (Å²) in [5, 5.41) is 3.66. The number of rotatable bonds is 5. The summed E-state index contributed by atoms with van der Waals surface area (Å²) in [7, 11) is 2.26. The summed E-state index contributed by atoms with van der Waals surface area (Å²) in [5.41, 5.74) is 2.78. The highest BCUT2D eigenvalue weighted by Gasteiger charge is 2.24. The number of para-hydroxylation sites is 1. The first kappa shape index (κ1) is 14.4. The zero-order valence-corrected chi connectivity index (χ0v) is 12.7. The molecule has 106 valence electrons. The zero-order valence-electron chi connectivity index (χ0n) is 12.7. The van der Waals surface area contributed by atoms with Crippen LogP contribution in [0.4, 0.5) is 5.69 Å². The van der Waals surface area contributed by atoms with Gasteiger partial charge in [-0.2, -0.15) is 0 Å². The molecule has 1 fully saturated rings. The summed E-state index contributed by atoms with van der Waals surface area (Å²) in [4.78, 5) is 2.49. The third kappa shape index (κ3) is 3.73. The van der Waals surface area contributed by atoms with E-state index in [1.54, 1.807) is 0 Å². The fraction of sp³-hybridized carbons (Fsp3) is 0.647. The number of hydrogen-bond donors (Lipinski definition) is 1. The van der Waals surface area contributed by atoms with E-state index in [1.165, 1.54) is 49.9 Å². The number of anilines is 1. The lowest BCUT2D eigenvalue weighted by molar-refractivity contribution is 0.337. The Balaban J connectivity index is 1.89. The van der Waals surface area contributed by atoms with E-state index in [0.29, 0.717) is 6.04 Å². The van der Waals surface area contributed by atoms with E-state index < -0.39 is 0 Å². The minimum atomic E-state index is 0.709. The van der Waals surface area contributed by atoms with Crippen molar-refractivity contribution < 1.29 is 0 Å². The summed E-state index contributed by atoms with van der Waals surface area (Å²) >= 11 is 0. The average molecular weight is 260 g/mol. The van der Waals surface area contributed by atoms with Crippen LogP contribution in [0.2, 0.25) is 0 Å². The third-order valence-corrected chi connectivity index (χ3v) is 4.42. The first-order valence-electron chi connectivity index (χ1n) is 7.74. The molecule has 0 heterocycles. The minimum absolute atomic E-state index is 0.709. The van der Waals surface area contributed by atoms with E-state index in [4.69, 9.17) is 0 Å². The van der Waals surface area contributed by atoms with Crippen LogP contribution in [0, 0.1) is 6.92 Å². The Labute approximate surface area is 118 Å². The molecule has 1 aliphatic carbocycles. The van der Waals surface area contributed by atoms with Gasteiger partial charge in [0.15, 0.2) is 0 Å². The lowest BCUT2D eigenvalue weighted by atomic mass is 9.90. The smallest absolute Gasteiger partial charge is 0.0395 e. The van der Waals surface area contributed by atoms with Crippen molar-refractivity contribution >= 4 is 5.69 Å². The molecule has 2 heteroatoms. The second kappa shape index (κ2) is 6.95. The molecule has 1 N–H and O–H groups in total. The second-order valence-electron chi connectivity index (χ2n) is 5.86. The first-order valence-corrected chi connectivity index (χ1v) is 7.74. The molecule has 0 radical (unpaired) electrons. The van der Waals surface area contributed by atoms with Crippen molar-refractivity contribution in [3.63, 3.8) is 0 Å². The van der Waals surface area contributed by atoms with Crippen molar-refractivity contribution in [2.24, 2.45) is 0 Å². The predicted octanol–water partition coefficient (Wildman–Crippen LogP) is 3.74. The van der Waals surface area contributed by atoms with Crippen LogP contribution in [0.25, 0.3) is 0 Å². The number of benzene rings is 1. The lowest BCUT2D eigenvalue weighted by Gasteiger charge is -2.37. The zero-order chi connectivity index (χ0) is 13.7. The molecule has 0 unspecified atom stereocenters. The molecular weight excluding hydrogens is 232 g/mol. The maximum absolute atomic E-state index is 3.66. The topological polar surface area (TPSA) is 15.3 Å². The Morgan fingerprint density at radius 2 is 1.84 bits per heavy atom. The highest BCUT2D eigenvalue weighted by Crippen LogP contribution is 2.28. The normalized spacial score (nSPS) is 23.3. The lowest BCUT2D eigenvalue weighted by Crippen LogP contribution is -2.41. The van der Waals surface area contributed by atoms with Gasteiger partial charge in [0.25, 0.3) is 0 Å². The molecule has 1 aromatic rings. The highest BCUT2D eigenvalue weighted by atomic mass is 15.1. The number of nitrogens with one attached hydrogen (secondary N) is 1. The van der Waals surface area contributed by atoms with Crippen LogP contribution < -0.4 is 10.2 Å². The largest absolute Gasteiger partial charge is 0.371 e. The Morgan fingerprint density at radius 3 is 2.47 bits per heavy atom. The molecule has 2 rings (SSSR count). The van der Waals surface area contributed by atoms with E-state index in [9.17, 15) is 0 Å². The van der Waals surface area contributed by atoms with E-state index in [0.717, 1.165) is 6.04 Å². The number of hydrogen-bond acceptors (Lipinski definition) is 2. The minimum Gasteiger partial charge on any atom is -0.371 e. The molecule has 0 bridgehead atoms. The van der Waals surface area contributed by atoms with Gasteiger partial charge < -0.3 is 10.2 Å². The quantitative estimate of drug-likeness (QED) is 0.867. The monoisotopic (exact) mass is 260 g/mol. The van der Waals surface area contributed by atoms with Crippen LogP contribution in [0.1, 0.15) is 44.6 Å². The van der Waals surface area contributed by atoms with Crippen LogP contribution in [0.5, 0.6) is 0 Å². The maximum Gasteiger partial charge on any atom is 0.0395 e. The van der Waals surface area contributed by atoms with E-state index in [1.807, 2.05) is 0 Å². The van der Waals surface area contributed by atoms with Gasteiger partial charge in [-0.25, -0.2) is 0 Å². The second-order valence-corrected chi connectivity index (χ2v) is 5.86. The van der Waals surface area contributed by atoms with Gasteiger partial charge in [0.05, 0.1) is 0 Å². The van der Waals surface area contributed by atoms with Crippen LogP contribution in [-0.2, 0) is 0 Å². The molecule has 0 aliphatic heterocycles. The Morgan fingerprint density at radius 1 is 1.16 bits per heavy atom. The fourth-order valence-corrected chi connectivity index (χ4v) is 3.17. The van der Waals surface area contributed by atoms with E-state index in [-0.39, 0.29) is 0 Å². The molecule has 0 amide bonds. The molecule has 1 aliphatic rings. The molecule has 19 heavy (non-hydrogen) atoms. The summed E-state index contributed by atoms with van der Waals surface area (Å²) in [5.74, 6) is 0. The van der Waals surface area contributed by atoms with Gasteiger partial charge in [0.2, 0.25) is 0 Å². The number of aryl methyl sites for hydroxylation is 1. The standard InChI is InChI=1S/C17H28N2/c1-4-13-18-15-9-11-16(12-10-15)19(3)17-8-6-5-7-14(17)2/h5-8,15-16,18H,4,9-13H2,1-3H3. The predicted molar refractivity (Wildman–Crippen MR) is 83.9 cm³/mol. The van der Waals surface area contributed by atoms with Gasteiger partial charge in [-0.1, -0.05) is 25.1 Å². The third-order valence-electron chi connectivity index (χ3n) is 4.42. The van der Waals surface area contributed by atoms with Crippen LogP contribution in [-0.4, -0.2) is 25.7 Å². The van der Waals surface area contributed by atoms with Crippen molar-refractivity contribution in [3.8, 4) is 0 Å². The molecule has 0 aromatic heterocycles. The van der Waals surface area contributed by atoms with Crippen molar-refractivity contribution in [2.45, 2.75) is 58.0 Å². The summed E-state index contributed by atoms with van der Waals surface area (Å²) in [6, 6.07) is 10.2. The molecule has 1 aromatic carbocycles. The van der Waals surface area contributed by atoms with Gasteiger partial charge in [-0.3, -0.25) is 0 Å². The fourth-order valence-electron chi connectivity index (χ4n) is 3.17. The molecule has 0 spiro atoms. The van der Waals surface area contributed by atoms with Gasteiger partial charge in [-0.15, -0.1) is 0 Å². The summed E-state index contributed by atoms with van der Waals surface area (Å²) in [6.07, 6.45) is 6.50. The van der Waals surface area contributed by atoms with Crippen molar-refractivity contribution in [1.29, 1.82) is 0 Å². The Kier molecular flexibility index (Phi) is 5.26.